The highest BCUT2D eigenvalue weighted by Gasteiger charge is 2.09. The first kappa shape index (κ1) is 14.2. The molecule has 1 unspecified atom stereocenters. The molecule has 0 aromatic carbocycles. The molecule has 2 rings (SSSR count). The Bertz CT molecular complexity index is 597. The summed E-state index contributed by atoms with van der Waals surface area (Å²) in [5, 5.41) is 7.26. The first-order valence-corrected chi connectivity index (χ1v) is 8.49. The van der Waals surface area contributed by atoms with Crippen LogP contribution in [0.4, 0.5) is 11.8 Å². The molecule has 0 aliphatic heterocycles. The molecular weight excluding hydrogens is 280 g/mol. The van der Waals surface area contributed by atoms with Gasteiger partial charge in [-0.2, -0.15) is 4.98 Å². The molecule has 1 atom stereocenters. The van der Waals surface area contributed by atoms with Gasteiger partial charge >= 0.3 is 0 Å². The van der Waals surface area contributed by atoms with Gasteiger partial charge < -0.3 is 10.6 Å². The van der Waals surface area contributed by atoms with Crippen LogP contribution in [-0.4, -0.2) is 39.3 Å². The van der Waals surface area contributed by atoms with Gasteiger partial charge in [-0.25, -0.2) is 4.98 Å². The summed E-state index contributed by atoms with van der Waals surface area (Å²) in [7, 11) is 1.05. The van der Waals surface area contributed by atoms with Crippen LogP contribution in [-0.2, 0) is 10.8 Å². The third kappa shape index (κ3) is 3.42. The number of hydrogen-bond donors (Lipinski definition) is 2. The number of anilines is 2. The SMILES string of the molecule is CCS(=O)CCNc1nc(NC)nc2sc(C)cc12. The van der Waals surface area contributed by atoms with Crippen molar-refractivity contribution >= 4 is 44.1 Å². The molecule has 0 aliphatic rings. The van der Waals surface area contributed by atoms with E-state index in [2.05, 4.69) is 33.6 Å². The molecule has 19 heavy (non-hydrogen) atoms. The van der Waals surface area contributed by atoms with E-state index in [0.717, 1.165) is 16.0 Å². The molecule has 2 aromatic heterocycles. The Morgan fingerprint density at radius 1 is 1.42 bits per heavy atom. The molecule has 2 heterocycles. The lowest BCUT2D eigenvalue weighted by molar-refractivity contribution is 0.684. The van der Waals surface area contributed by atoms with Crippen molar-refractivity contribution in [2.45, 2.75) is 13.8 Å². The molecule has 5 nitrogen and oxygen atoms in total. The fourth-order valence-electron chi connectivity index (χ4n) is 1.72. The van der Waals surface area contributed by atoms with Gasteiger partial charge in [-0.05, 0) is 13.0 Å². The van der Waals surface area contributed by atoms with Crippen LogP contribution in [0.15, 0.2) is 6.07 Å². The Kier molecular flexibility index (Phi) is 4.71. The van der Waals surface area contributed by atoms with Crippen molar-refractivity contribution in [1.82, 2.24) is 9.97 Å². The second-order valence-corrected chi connectivity index (χ2v) is 7.18. The van der Waals surface area contributed by atoms with E-state index in [-0.39, 0.29) is 0 Å². The molecular formula is C12H18N4OS2. The van der Waals surface area contributed by atoms with E-state index >= 15 is 0 Å². The molecule has 0 aliphatic carbocycles. The first-order valence-electron chi connectivity index (χ1n) is 6.18. The maximum Gasteiger partial charge on any atom is 0.225 e. The fourth-order valence-corrected chi connectivity index (χ4v) is 3.21. The number of aryl methyl sites for hydroxylation is 1. The number of fused-ring (bicyclic) bond motifs is 1. The fraction of sp³-hybridized carbons (Fsp3) is 0.500. The van der Waals surface area contributed by atoms with Crippen molar-refractivity contribution < 1.29 is 4.21 Å². The molecule has 104 valence electrons. The van der Waals surface area contributed by atoms with Crippen molar-refractivity contribution in [2.24, 2.45) is 0 Å². The highest BCUT2D eigenvalue weighted by atomic mass is 32.2. The highest BCUT2D eigenvalue weighted by molar-refractivity contribution is 7.84. The van der Waals surface area contributed by atoms with Crippen LogP contribution in [0.3, 0.4) is 0 Å². The minimum Gasteiger partial charge on any atom is -0.368 e. The average molecular weight is 298 g/mol. The predicted molar refractivity (Wildman–Crippen MR) is 83.7 cm³/mol. The Labute approximate surface area is 119 Å². The summed E-state index contributed by atoms with van der Waals surface area (Å²) in [6, 6.07) is 2.08. The topological polar surface area (TPSA) is 66.9 Å². The van der Waals surface area contributed by atoms with Crippen molar-refractivity contribution in [2.75, 3.05) is 35.7 Å². The Balaban J connectivity index is 2.22. The monoisotopic (exact) mass is 298 g/mol. The number of hydrogen-bond acceptors (Lipinski definition) is 6. The summed E-state index contributed by atoms with van der Waals surface area (Å²) in [5.74, 6) is 2.75. The molecule has 0 saturated carbocycles. The maximum atomic E-state index is 11.4. The smallest absolute Gasteiger partial charge is 0.225 e. The summed E-state index contributed by atoms with van der Waals surface area (Å²) in [4.78, 5) is 11.0. The van der Waals surface area contributed by atoms with E-state index < -0.39 is 10.8 Å². The number of thiophene rings is 1. The minimum absolute atomic E-state index is 0.605. The maximum absolute atomic E-state index is 11.4. The predicted octanol–water partition coefficient (Wildman–Crippen LogP) is 2.22. The van der Waals surface area contributed by atoms with E-state index in [1.165, 1.54) is 4.88 Å². The van der Waals surface area contributed by atoms with Gasteiger partial charge in [0.1, 0.15) is 10.6 Å². The normalized spacial score (nSPS) is 12.6. The molecule has 0 amide bonds. The van der Waals surface area contributed by atoms with E-state index in [1.807, 2.05) is 6.92 Å². The third-order valence-electron chi connectivity index (χ3n) is 2.68. The van der Waals surface area contributed by atoms with Crippen molar-refractivity contribution in [1.29, 1.82) is 0 Å². The van der Waals surface area contributed by atoms with E-state index in [9.17, 15) is 4.21 Å². The summed E-state index contributed by atoms with van der Waals surface area (Å²) < 4.78 is 11.4. The van der Waals surface area contributed by atoms with Crippen LogP contribution in [0.1, 0.15) is 11.8 Å². The van der Waals surface area contributed by atoms with Crippen molar-refractivity contribution in [3.05, 3.63) is 10.9 Å². The van der Waals surface area contributed by atoms with E-state index in [4.69, 9.17) is 0 Å². The van der Waals surface area contributed by atoms with Crippen LogP contribution < -0.4 is 10.6 Å². The Morgan fingerprint density at radius 3 is 2.89 bits per heavy atom. The summed E-state index contributed by atoms with van der Waals surface area (Å²) in [5.41, 5.74) is 0. The molecule has 2 N–H and O–H groups in total. The lowest BCUT2D eigenvalue weighted by Crippen LogP contribution is -2.13. The Morgan fingerprint density at radius 2 is 2.21 bits per heavy atom. The molecule has 0 bridgehead atoms. The van der Waals surface area contributed by atoms with Crippen LogP contribution in [0, 0.1) is 6.92 Å². The minimum atomic E-state index is -0.755. The van der Waals surface area contributed by atoms with Gasteiger partial charge in [0.2, 0.25) is 5.95 Å². The molecule has 0 fully saturated rings. The molecule has 7 heteroatoms. The molecule has 0 radical (unpaired) electrons. The lowest BCUT2D eigenvalue weighted by atomic mass is 10.3. The average Bonchev–Trinajstić information content (AvgIpc) is 2.78. The first-order chi connectivity index (χ1) is 9.13. The highest BCUT2D eigenvalue weighted by Crippen LogP contribution is 2.29. The van der Waals surface area contributed by atoms with Gasteiger partial charge in [-0.15, -0.1) is 11.3 Å². The van der Waals surface area contributed by atoms with Gasteiger partial charge in [-0.1, -0.05) is 6.92 Å². The third-order valence-corrected chi connectivity index (χ3v) is 4.93. The molecule has 0 saturated heterocycles. The van der Waals surface area contributed by atoms with Crippen LogP contribution in [0.25, 0.3) is 10.2 Å². The second kappa shape index (κ2) is 6.29. The van der Waals surface area contributed by atoms with Gasteiger partial charge in [0.15, 0.2) is 0 Å². The van der Waals surface area contributed by atoms with Crippen LogP contribution in [0.2, 0.25) is 0 Å². The number of nitrogens with zero attached hydrogens (tertiary/aromatic N) is 2. The van der Waals surface area contributed by atoms with Crippen molar-refractivity contribution in [3.8, 4) is 0 Å². The van der Waals surface area contributed by atoms with Gasteiger partial charge in [0.05, 0.1) is 5.39 Å². The standard InChI is InChI=1S/C12H18N4OS2/c1-4-19(17)6-5-14-10-9-7-8(2)18-11(9)16-12(13-3)15-10/h7H,4-6H2,1-3H3,(H2,13,14,15,16). The quantitative estimate of drug-likeness (QED) is 0.856. The van der Waals surface area contributed by atoms with Gasteiger partial charge in [0, 0.05) is 40.8 Å². The lowest BCUT2D eigenvalue weighted by Gasteiger charge is -2.08. The van der Waals surface area contributed by atoms with E-state index in [1.54, 1.807) is 18.4 Å². The largest absolute Gasteiger partial charge is 0.368 e. The molecule has 0 spiro atoms. The van der Waals surface area contributed by atoms with Gasteiger partial charge in [-0.3, -0.25) is 4.21 Å². The zero-order chi connectivity index (χ0) is 13.8. The Hall–Kier alpha value is -1.21. The number of aromatic nitrogens is 2. The van der Waals surface area contributed by atoms with E-state index in [0.29, 0.717) is 24.0 Å². The van der Waals surface area contributed by atoms with Crippen LogP contribution in [0.5, 0.6) is 0 Å². The number of rotatable bonds is 6. The van der Waals surface area contributed by atoms with Crippen molar-refractivity contribution in [3.63, 3.8) is 0 Å². The van der Waals surface area contributed by atoms with Gasteiger partial charge in [0.25, 0.3) is 0 Å². The summed E-state index contributed by atoms with van der Waals surface area (Å²) in [6.45, 7) is 4.65. The second-order valence-electron chi connectivity index (χ2n) is 4.08. The zero-order valence-corrected chi connectivity index (χ0v) is 13.0. The number of nitrogens with one attached hydrogen (secondary N) is 2. The zero-order valence-electron chi connectivity index (χ0n) is 11.3. The summed E-state index contributed by atoms with van der Waals surface area (Å²) >= 11 is 1.65. The van der Waals surface area contributed by atoms with Crippen LogP contribution >= 0.6 is 11.3 Å². The summed E-state index contributed by atoms with van der Waals surface area (Å²) in [6.07, 6.45) is 0. The molecule has 2 aromatic rings.